The molecule has 0 spiro atoms. The van der Waals surface area contributed by atoms with Crippen LogP contribution in [0, 0.1) is 12.8 Å². The molecular weight excluding hydrogens is 502 g/mol. The minimum Gasteiger partial charge on any atom is -0.486 e. The number of carbonyl (C=O) groups is 2. The van der Waals surface area contributed by atoms with Crippen molar-refractivity contribution in [1.82, 2.24) is 14.7 Å². The summed E-state index contributed by atoms with van der Waals surface area (Å²) in [6, 6.07) is 18.2. The van der Waals surface area contributed by atoms with Crippen molar-refractivity contribution in [3.63, 3.8) is 0 Å². The minimum absolute atomic E-state index is 0.0684. The van der Waals surface area contributed by atoms with Gasteiger partial charge in [-0.2, -0.15) is 0 Å². The molecule has 7 nitrogen and oxygen atoms in total. The third-order valence-electron chi connectivity index (χ3n) is 8.77. The van der Waals surface area contributed by atoms with Crippen LogP contribution in [-0.4, -0.2) is 66.3 Å². The Morgan fingerprint density at radius 1 is 0.925 bits per heavy atom. The van der Waals surface area contributed by atoms with Gasteiger partial charge < -0.3 is 23.9 Å². The summed E-state index contributed by atoms with van der Waals surface area (Å²) in [7, 11) is 2.07. The Kier molecular flexibility index (Phi) is 7.65. The molecule has 1 aliphatic carbocycles. The normalized spacial score (nSPS) is 20.0. The molecule has 1 saturated heterocycles. The van der Waals surface area contributed by atoms with E-state index in [1.54, 1.807) is 6.07 Å². The van der Waals surface area contributed by atoms with E-state index in [0.29, 0.717) is 24.6 Å². The van der Waals surface area contributed by atoms with Gasteiger partial charge in [0, 0.05) is 38.6 Å². The van der Waals surface area contributed by atoms with Crippen molar-refractivity contribution in [2.45, 2.75) is 51.7 Å². The first-order chi connectivity index (χ1) is 19.5. The number of hydrogen-bond acceptors (Lipinski definition) is 5. The molecule has 3 heterocycles. The lowest BCUT2D eigenvalue weighted by atomic mass is 9.86. The maximum atomic E-state index is 13.7. The van der Waals surface area contributed by atoms with Crippen molar-refractivity contribution in [2.75, 3.05) is 39.8 Å². The van der Waals surface area contributed by atoms with Crippen molar-refractivity contribution >= 4 is 11.8 Å². The Hall–Kier alpha value is -3.58. The second-order valence-corrected chi connectivity index (χ2v) is 11.6. The Morgan fingerprint density at radius 3 is 2.42 bits per heavy atom. The molecule has 0 radical (unpaired) electrons. The highest BCUT2D eigenvalue weighted by molar-refractivity contribution is 5.91. The summed E-state index contributed by atoms with van der Waals surface area (Å²) in [4.78, 5) is 32.7. The summed E-state index contributed by atoms with van der Waals surface area (Å²) in [5.74, 6) is 2.05. The summed E-state index contributed by atoms with van der Waals surface area (Å²) in [5, 5.41) is 0. The van der Waals surface area contributed by atoms with Crippen LogP contribution >= 0.6 is 0 Å². The molecule has 2 aliphatic heterocycles. The van der Waals surface area contributed by atoms with E-state index in [4.69, 9.17) is 9.15 Å². The van der Waals surface area contributed by atoms with Crippen molar-refractivity contribution in [3.05, 3.63) is 88.4 Å². The zero-order valence-electron chi connectivity index (χ0n) is 23.6. The van der Waals surface area contributed by atoms with Crippen LogP contribution in [0.25, 0.3) is 0 Å². The monoisotopic (exact) mass is 541 g/mol. The molecule has 1 aromatic heterocycles. The number of aryl methyl sites for hydroxylation is 1. The van der Waals surface area contributed by atoms with Crippen LogP contribution in [0.5, 0.6) is 5.75 Å². The fraction of sp³-hybridized carbons (Fsp3) is 0.455. The minimum atomic E-state index is -0.127. The maximum absolute atomic E-state index is 13.7. The third kappa shape index (κ3) is 5.52. The van der Waals surface area contributed by atoms with Gasteiger partial charge in [0.15, 0.2) is 5.76 Å². The molecule has 1 saturated carbocycles. The van der Waals surface area contributed by atoms with E-state index < -0.39 is 0 Å². The highest BCUT2D eigenvalue weighted by Gasteiger charge is 2.36. The number of fused-ring (bicyclic) bond motifs is 1. The third-order valence-corrected chi connectivity index (χ3v) is 8.77. The van der Waals surface area contributed by atoms with Gasteiger partial charge in [-0.05, 0) is 74.2 Å². The van der Waals surface area contributed by atoms with Crippen LogP contribution in [0.3, 0.4) is 0 Å². The molecule has 1 atom stereocenters. The molecule has 0 N–H and O–H groups in total. The number of ether oxygens (including phenoxy) is 1. The number of rotatable bonds is 6. The first kappa shape index (κ1) is 26.6. The second-order valence-electron chi connectivity index (χ2n) is 11.6. The van der Waals surface area contributed by atoms with Crippen molar-refractivity contribution in [1.29, 1.82) is 0 Å². The summed E-state index contributed by atoms with van der Waals surface area (Å²) >= 11 is 0. The number of hydrogen-bond donors (Lipinski definition) is 0. The fourth-order valence-corrected chi connectivity index (χ4v) is 6.33. The fourth-order valence-electron chi connectivity index (χ4n) is 6.33. The van der Waals surface area contributed by atoms with Gasteiger partial charge >= 0.3 is 0 Å². The lowest BCUT2D eigenvalue weighted by Gasteiger charge is -2.39. The van der Waals surface area contributed by atoms with Crippen LogP contribution in [0.4, 0.5) is 0 Å². The molecule has 3 aliphatic rings. The average molecular weight is 542 g/mol. The lowest BCUT2D eigenvalue weighted by Crippen LogP contribution is -2.47. The topological polar surface area (TPSA) is 66.2 Å². The van der Waals surface area contributed by atoms with Gasteiger partial charge in [0.1, 0.15) is 18.1 Å². The number of piperazine rings is 1. The quantitative estimate of drug-likeness (QED) is 0.428. The summed E-state index contributed by atoms with van der Waals surface area (Å²) < 4.78 is 12.1. The molecule has 3 aromatic rings. The van der Waals surface area contributed by atoms with Crippen molar-refractivity contribution in [3.8, 4) is 5.75 Å². The van der Waals surface area contributed by atoms with Gasteiger partial charge in [0.05, 0.1) is 6.04 Å². The van der Waals surface area contributed by atoms with Crippen LogP contribution < -0.4 is 4.74 Å². The van der Waals surface area contributed by atoms with Crippen LogP contribution in [0.2, 0.25) is 0 Å². The smallest absolute Gasteiger partial charge is 0.289 e. The standard InChI is InChI=1S/C33H39N3O4/c1-23-7-9-25(10-8-23)31-29-21-27(12-11-24(29)15-16-36(31)32(37)26-5-3-4-6-26)39-22-28-13-14-30(40-28)33(38)35-19-17-34(2)18-20-35/h7-14,21,26,31H,3-6,15-20,22H2,1-2H3. The Balaban J connectivity index is 1.20. The van der Waals surface area contributed by atoms with Crippen LogP contribution in [-0.2, 0) is 17.8 Å². The van der Waals surface area contributed by atoms with Gasteiger partial charge in [-0.15, -0.1) is 0 Å². The highest BCUT2D eigenvalue weighted by atomic mass is 16.5. The summed E-state index contributed by atoms with van der Waals surface area (Å²) in [6.45, 7) is 6.21. The molecule has 40 heavy (non-hydrogen) atoms. The van der Waals surface area contributed by atoms with E-state index in [0.717, 1.165) is 68.6 Å². The molecule has 1 unspecified atom stereocenters. The van der Waals surface area contributed by atoms with Gasteiger partial charge in [-0.3, -0.25) is 9.59 Å². The predicted molar refractivity (Wildman–Crippen MR) is 153 cm³/mol. The van der Waals surface area contributed by atoms with Gasteiger partial charge in [-0.25, -0.2) is 0 Å². The highest BCUT2D eigenvalue weighted by Crippen LogP contribution is 2.40. The SMILES string of the molecule is Cc1ccc(C2c3cc(OCc4ccc(C(=O)N5CCN(C)CC5)o4)ccc3CCN2C(=O)C2CCCC2)cc1. The van der Waals surface area contributed by atoms with Gasteiger partial charge in [0.25, 0.3) is 5.91 Å². The van der Waals surface area contributed by atoms with Crippen molar-refractivity contribution in [2.24, 2.45) is 5.92 Å². The molecule has 2 fully saturated rings. The number of carbonyl (C=O) groups excluding carboxylic acids is 2. The van der Waals surface area contributed by atoms with Gasteiger partial charge in [-0.1, -0.05) is 48.7 Å². The Labute approximate surface area is 236 Å². The summed E-state index contributed by atoms with van der Waals surface area (Å²) in [5.41, 5.74) is 4.72. The molecular formula is C33H39N3O4. The predicted octanol–water partition coefficient (Wildman–Crippen LogP) is 5.22. The van der Waals surface area contributed by atoms with E-state index in [1.165, 1.54) is 11.1 Å². The number of amides is 2. The van der Waals surface area contributed by atoms with Crippen LogP contribution in [0.1, 0.15) is 70.3 Å². The maximum Gasteiger partial charge on any atom is 0.289 e. The summed E-state index contributed by atoms with van der Waals surface area (Å²) in [6.07, 6.45) is 5.11. The van der Waals surface area contributed by atoms with E-state index in [2.05, 4.69) is 60.2 Å². The number of benzene rings is 2. The first-order valence-electron chi connectivity index (χ1n) is 14.7. The first-order valence-corrected chi connectivity index (χ1v) is 14.7. The zero-order chi connectivity index (χ0) is 27.6. The molecule has 210 valence electrons. The number of furan rings is 1. The Bertz CT molecular complexity index is 1350. The lowest BCUT2D eigenvalue weighted by molar-refractivity contribution is -0.137. The van der Waals surface area contributed by atoms with E-state index >= 15 is 0 Å². The van der Waals surface area contributed by atoms with Crippen LogP contribution in [0.15, 0.2) is 59.0 Å². The largest absolute Gasteiger partial charge is 0.486 e. The number of nitrogens with zero attached hydrogens (tertiary/aromatic N) is 3. The molecule has 2 aromatic carbocycles. The average Bonchev–Trinajstić information content (AvgIpc) is 3.69. The van der Waals surface area contributed by atoms with Gasteiger partial charge in [0.2, 0.25) is 5.91 Å². The molecule has 6 rings (SSSR count). The zero-order valence-corrected chi connectivity index (χ0v) is 23.6. The number of likely N-dealkylation sites (N-methyl/N-ethyl adjacent to an activating group) is 1. The van der Waals surface area contributed by atoms with E-state index in [-0.39, 0.29) is 30.4 Å². The second kappa shape index (κ2) is 11.5. The van der Waals surface area contributed by atoms with Crippen molar-refractivity contribution < 1.29 is 18.7 Å². The van der Waals surface area contributed by atoms with E-state index in [9.17, 15) is 9.59 Å². The molecule has 0 bridgehead atoms. The van der Waals surface area contributed by atoms with E-state index in [1.807, 2.05) is 17.0 Å². The molecule has 7 heteroatoms. The molecule has 2 amide bonds. The Morgan fingerprint density at radius 2 is 1.68 bits per heavy atom.